The fraction of sp³-hybridized carbons (Fsp3) is 0.667. The van der Waals surface area contributed by atoms with Crippen molar-refractivity contribution in [1.82, 2.24) is 15.2 Å². The summed E-state index contributed by atoms with van der Waals surface area (Å²) in [7, 11) is 0. The van der Waals surface area contributed by atoms with Crippen LogP contribution in [0.3, 0.4) is 0 Å². The first-order valence-electron chi connectivity index (χ1n) is 7.62. The van der Waals surface area contributed by atoms with Crippen molar-refractivity contribution >= 4 is 23.2 Å². The highest BCUT2D eigenvalue weighted by atomic mass is 32.1. The quantitative estimate of drug-likeness (QED) is 0.927. The average molecular weight is 307 g/mol. The lowest BCUT2D eigenvalue weighted by molar-refractivity contribution is -0.146. The Bertz CT molecular complexity index is 537. The highest BCUT2D eigenvalue weighted by Crippen LogP contribution is 2.29. The van der Waals surface area contributed by atoms with Crippen molar-refractivity contribution in [3.05, 3.63) is 16.1 Å². The predicted octanol–water partition coefficient (Wildman–Crippen LogP) is 1.86. The van der Waals surface area contributed by atoms with Crippen LogP contribution in [0.4, 0.5) is 0 Å². The van der Waals surface area contributed by atoms with Crippen molar-refractivity contribution in [3.63, 3.8) is 0 Å². The van der Waals surface area contributed by atoms with Gasteiger partial charge in [-0.05, 0) is 25.7 Å². The van der Waals surface area contributed by atoms with Crippen LogP contribution >= 0.6 is 11.3 Å². The molecule has 0 aromatic carbocycles. The SMILES string of the molecule is Cc1ncsc1CN1CC(=O)NC(C2CCCCC2)C1=O. The number of hydrogen-bond acceptors (Lipinski definition) is 4. The molecule has 0 radical (unpaired) electrons. The molecule has 1 unspecified atom stereocenters. The molecule has 1 aliphatic carbocycles. The molecular weight excluding hydrogens is 286 g/mol. The van der Waals surface area contributed by atoms with Gasteiger partial charge in [0.15, 0.2) is 0 Å². The average Bonchev–Trinajstić information content (AvgIpc) is 2.89. The van der Waals surface area contributed by atoms with Gasteiger partial charge in [-0.2, -0.15) is 0 Å². The smallest absolute Gasteiger partial charge is 0.246 e. The van der Waals surface area contributed by atoms with Gasteiger partial charge in [0, 0.05) is 4.88 Å². The zero-order valence-corrected chi connectivity index (χ0v) is 13.1. The van der Waals surface area contributed by atoms with Crippen molar-refractivity contribution in [2.75, 3.05) is 6.54 Å². The second-order valence-corrected chi connectivity index (χ2v) is 6.94. The van der Waals surface area contributed by atoms with E-state index in [4.69, 9.17) is 0 Å². The Morgan fingerprint density at radius 2 is 2.10 bits per heavy atom. The van der Waals surface area contributed by atoms with E-state index < -0.39 is 0 Å². The molecule has 2 aliphatic rings. The van der Waals surface area contributed by atoms with E-state index in [9.17, 15) is 9.59 Å². The Balaban J connectivity index is 1.73. The lowest BCUT2D eigenvalue weighted by atomic mass is 9.82. The number of nitrogens with zero attached hydrogens (tertiary/aromatic N) is 2. The molecule has 2 fully saturated rings. The highest BCUT2D eigenvalue weighted by molar-refractivity contribution is 7.09. The van der Waals surface area contributed by atoms with E-state index in [-0.39, 0.29) is 24.4 Å². The molecule has 21 heavy (non-hydrogen) atoms. The third kappa shape index (κ3) is 3.10. The van der Waals surface area contributed by atoms with E-state index in [2.05, 4.69) is 10.3 Å². The minimum Gasteiger partial charge on any atom is -0.342 e. The van der Waals surface area contributed by atoms with E-state index in [0.29, 0.717) is 12.5 Å². The zero-order chi connectivity index (χ0) is 14.8. The van der Waals surface area contributed by atoms with Crippen molar-refractivity contribution in [3.8, 4) is 0 Å². The molecular formula is C15H21N3O2S. The number of thiazole rings is 1. The predicted molar refractivity (Wildman–Crippen MR) is 80.8 cm³/mol. The number of hydrogen-bond donors (Lipinski definition) is 1. The molecule has 5 nitrogen and oxygen atoms in total. The van der Waals surface area contributed by atoms with Crippen LogP contribution in [0.1, 0.15) is 42.7 Å². The van der Waals surface area contributed by atoms with Crippen LogP contribution in [0.2, 0.25) is 0 Å². The van der Waals surface area contributed by atoms with Crippen LogP contribution in [0.25, 0.3) is 0 Å². The summed E-state index contributed by atoms with van der Waals surface area (Å²) in [5, 5.41) is 2.92. The van der Waals surface area contributed by atoms with Crippen LogP contribution in [0.15, 0.2) is 5.51 Å². The fourth-order valence-corrected chi connectivity index (χ4v) is 4.09. The zero-order valence-electron chi connectivity index (χ0n) is 12.3. The summed E-state index contributed by atoms with van der Waals surface area (Å²) < 4.78 is 0. The first-order chi connectivity index (χ1) is 10.1. The molecule has 1 N–H and O–H groups in total. The van der Waals surface area contributed by atoms with Crippen molar-refractivity contribution in [2.24, 2.45) is 5.92 Å². The normalized spacial score (nSPS) is 24.2. The second kappa shape index (κ2) is 6.13. The van der Waals surface area contributed by atoms with Gasteiger partial charge in [-0.3, -0.25) is 9.59 Å². The number of carbonyl (C=O) groups excluding carboxylic acids is 2. The minimum atomic E-state index is -0.320. The third-order valence-corrected chi connectivity index (χ3v) is 5.45. The molecule has 2 amide bonds. The Hall–Kier alpha value is -1.43. The summed E-state index contributed by atoms with van der Waals surface area (Å²) in [5.74, 6) is 0.349. The lowest BCUT2D eigenvalue weighted by Gasteiger charge is -2.37. The Morgan fingerprint density at radius 1 is 1.33 bits per heavy atom. The third-order valence-electron chi connectivity index (χ3n) is 4.53. The maximum Gasteiger partial charge on any atom is 0.246 e. The summed E-state index contributed by atoms with van der Waals surface area (Å²) in [5.41, 5.74) is 2.74. The summed E-state index contributed by atoms with van der Waals surface area (Å²) in [6.07, 6.45) is 5.67. The maximum absolute atomic E-state index is 12.7. The number of aromatic nitrogens is 1. The van der Waals surface area contributed by atoms with Crippen LogP contribution in [-0.2, 0) is 16.1 Å². The topological polar surface area (TPSA) is 62.3 Å². The monoisotopic (exact) mass is 307 g/mol. The standard InChI is InChI=1S/C15H21N3O2S/c1-10-12(21-9-16-10)7-18-8-13(19)17-14(15(18)20)11-5-3-2-4-6-11/h9,11,14H,2-8H2,1H3,(H,17,19). The number of aryl methyl sites for hydroxylation is 1. The van der Waals surface area contributed by atoms with Gasteiger partial charge in [-0.15, -0.1) is 11.3 Å². The maximum atomic E-state index is 12.7. The molecule has 114 valence electrons. The van der Waals surface area contributed by atoms with E-state index in [0.717, 1.165) is 36.3 Å². The van der Waals surface area contributed by atoms with Crippen LogP contribution in [0, 0.1) is 12.8 Å². The number of piperazine rings is 1. The van der Waals surface area contributed by atoms with E-state index >= 15 is 0 Å². The molecule has 3 rings (SSSR count). The van der Waals surface area contributed by atoms with Gasteiger partial charge >= 0.3 is 0 Å². The number of amides is 2. The fourth-order valence-electron chi connectivity index (χ4n) is 3.30. The molecule has 0 bridgehead atoms. The van der Waals surface area contributed by atoms with Crippen LogP contribution in [-0.4, -0.2) is 34.3 Å². The van der Waals surface area contributed by atoms with E-state index in [1.807, 2.05) is 6.92 Å². The molecule has 1 atom stereocenters. The minimum absolute atomic E-state index is 0.0349. The molecule has 1 aromatic rings. The van der Waals surface area contributed by atoms with Gasteiger partial charge in [0.25, 0.3) is 0 Å². The van der Waals surface area contributed by atoms with Gasteiger partial charge in [0.2, 0.25) is 11.8 Å². The van der Waals surface area contributed by atoms with Gasteiger partial charge in [0.05, 0.1) is 24.3 Å². The molecule has 1 saturated carbocycles. The number of nitrogens with one attached hydrogen (secondary N) is 1. The molecule has 1 saturated heterocycles. The molecule has 1 aliphatic heterocycles. The Labute approximate surface area is 128 Å². The van der Waals surface area contributed by atoms with Gasteiger partial charge in [-0.25, -0.2) is 4.98 Å². The van der Waals surface area contributed by atoms with E-state index in [1.54, 1.807) is 21.7 Å². The molecule has 6 heteroatoms. The lowest BCUT2D eigenvalue weighted by Crippen LogP contribution is -2.60. The van der Waals surface area contributed by atoms with Crippen molar-refractivity contribution < 1.29 is 9.59 Å². The summed E-state index contributed by atoms with van der Waals surface area (Å²) in [6, 6.07) is -0.320. The van der Waals surface area contributed by atoms with E-state index in [1.165, 1.54) is 6.42 Å². The highest BCUT2D eigenvalue weighted by Gasteiger charge is 2.38. The molecule has 0 spiro atoms. The first kappa shape index (κ1) is 14.5. The summed E-state index contributed by atoms with van der Waals surface area (Å²) in [6.45, 7) is 2.62. The van der Waals surface area contributed by atoms with Crippen LogP contribution < -0.4 is 5.32 Å². The number of rotatable bonds is 3. The number of carbonyl (C=O) groups is 2. The molecule has 2 heterocycles. The van der Waals surface area contributed by atoms with Gasteiger partial charge in [-0.1, -0.05) is 19.3 Å². The first-order valence-corrected chi connectivity index (χ1v) is 8.50. The Morgan fingerprint density at radius 3 is 2.76 bits per heavy atom. The van der Waals surface area contributed by atoms with Crippen molar-refractivity contribution in [1.29, 1.82) is 0 Å². The largest absolute Gasteiger partial charge is 0.342 e. The van der Waals surface area contributed by atoms with Crippen molar-refractivity contribution in [2.45, 2.75) is 51.6 Å². The second-order valence-electron chi connectivity index (χ2n) is 6.00. The summed E-state index contributed by atoms with van der Waals surface area (Å²) in [4.78, 5) is 31.6. The van der Waals surface area contributed by atoms with Gasteiger partial charge < -0.3 is 10.2 Å². The van der Waals surface area contributed by atoms with Crippen LogP contribution in [0.5, 0.6) is 0 Å². The van der Waals surface area contributed by atoms with Gasteiger partial charge in [0.1, 0.15) is 6.04 Å². The Kier molecular flexibility index (Phi) is 4.24. The molecule has 1 aromatic heterocycles. The summed E-state index contributed by atoms with van der Waals surface area (Å²) >= 11 is 1.55.